The van der Waals surface area contributed by atoms with Crippen molar-refractivity contribution in [2.45, 2.75) is 13.3 Å². The molecule has 3 N–H and O–H groups in total. The number of rotatable bonds is 6. The predicted octanol–water partition coefficient (Wildman–Crippen LogP) is 0.695. The van der Waals surface area contributed by atoms with Gasteiger partial charge in [0.1, 0.15) is 11.5 Å². The predicted molar refractivity (Wildman–Crippen MR) is 62.3 cm³/mol. The summed E-state index contributed by atoms with van der Waals surface area (Å²) < 4.78 is 10.7. The van der Waals surface area contributed by atoms with Crippen LogP contribution in [0.25, 0.3) is 0 Å². The molecule has 1 aliphatic rings. The van der Waals surface area contributed by atoms with Crippen LogP contribution in [0.5, 0.6) is 0 Å². The summed E-state index contributed by atoms with van der Waals surface area (Å²) in [7, 11) is 0. The van der Waals surface area contributed by atoms with Gasteiger partial charge in [-0.1, -0.05) is 0 Å². The number of nitrogens with two attached hydrogens (primary N) is 1. The maximum Gasteiger partial charge on any atom is 0.105 e. The van der Waals surface area contributed by atoms with Crippen molar-refractivity contribution in [3.8, 4) is 0 Å². The molecule has 0 radical (unpaired) electrons. The monoisotopic (exact) mass is 224 g/mol. The molecule has 16 heavy (non-hydrogen) atoms. The van der Waals surface area contributed by atoms with E-state index in [1.807, 2.05) is 19.1 Å². The van der Waals surface area contributed by atoms with Gasteiger partial charge in [0.25, 0.3) is 0 Å². The summed E-state index contributed by atoms with van der Waals surface area (Å²) in [5.41, 5.74) is 5.91. The Hall–Kier alpha value is -0.840. The van der Waals surface area contributed by atoms with Gasteiger partial charge in [-0.05, 0) is 19.1 Å². The molecule has 2 heterocycles. The molecule has 90 valence electrons. The number of furan rings is 1. The molecule has 0 aliphatic carbocycles. The second kappa shape index (κ2) is 4.99. The first kappa shape index (κ1) is 11.6. The number of ether oxygens (including phenoxy) is 1. The lowest BCUT2D eigenvalue weighted by Gasteiger charge is -2.40. The zero-order valence-electron chi connectivity index (χ0n) is 9.79. The Morgan fingerprint density at radius 2 is 2.25 bits per heavy atom. The van der Waals surface area contributed by atoms with Crippen molar-refractivity contribution in [3.63, 3.8) is 0 Å². The number of nitrogens with one attached hydrogen (secondary N) is 1. The third-order valence-corrected chi connectivity index (χ3v) is 3.09. The van der Waals surface area contributed by atoms with Crippen molar-refractivity contribution >= 4 is 0 Å². The summed E-state index contributed by atoms with van der Waals surface area (Å²) in [4.78, 5) is 0. The molecule has 4 heteroatoms. The largest absolute Gasteiger partial charge is 0.466 e. The van der Waals surface area contributed by atoms with Gasteiger partial charge >= 0.3 is 0 Å². The maximum absolute atomic E-state index is 5.73. The van der Waals surface area contributed by atoms with Gasteiger partial charge in [0.05, 0.1) is 13.2 Å². The first-order valence-corrected chi connectivity index (χ1v) is 5.78. The first-order chi connectivity index (χ1) is 7.74. The lowest BCUT2D eigenvalue weighted by molar-refractivity contribution is -0.104. The third-order valence-electron chi connectivity index (χ3n) is 3.09. The topological polar surface area (TPSA) is 60.4 Å². The zero-order chi connectivity index (χ0) is 11.4. The van der Waals surface area contributed by atoms with Crippen LogP contribution < -0.4 is 11.1 Å². The smallest absolute Gasteiger partial charge is 0.105 e. The quantitative estimate of drug-likeness (QED) is 0.698. The van der Waals surface area contributed by atoms with Crippen molar-refractivity contribution in [2.24, 2.45) is 11.1 Å². The molecular formula is C12H20N2O2. The minimum Gasteiger partial charge on any atom is -0.466 e. The van der Waals surface area contributed by atoms with Gasteiger partial charge < -0.3 is 20.2 Å². The second-order valence-electron chi connectivity index (χ2n) is 4.64. The molecule has 0 bridgehead atoms. The van der Waals surface area contributed by atoms with Crippen LogP contribution in [0.15, 0.2) is 16.5 Å². The standard InChI is InChI=1S/C12H20N2O2/c1-10-2-3-11(16-10)4-5-14-7-12(6-13)8-15-9-12/h2-3,14H,4-9,13H2,1H3. The van der Waals surface area contributed by atoms with Crippen LogP contribution >= 0.6 is 0 Å². The highest BCUT2D eigenvalue weighted by molar-refractivity contribution is 5.05. The molecule has 0 spiro atoms. The van der Waals surface area contributed by atoms with E-state index in [9.17, 15) is 0 Å². The van der Waals surface area contributed by atoms with Crippen LogP contribution in [-0.4, -0.2) is 32.8 Å². The Balaban J connectivity index is 1.65. The SMILES string of the molecule is Cc1ccc(CCNCC2(CN)COC2)o1. The van der Waals surface area contributed by atoms with E-state index in [-0.39, 0.29) is 5.41 Å². The molecular weight excluding hydrogens is 204 g/mol. The molecule has 0 aromatic carbocycles. The van der Waals surface area contributed by atoms with E-state index in [4.69, 9.17) is 14.9 Å². The van der Waals surface area contributed by atoms with Crippen molar-refractivity contribution < 1.29 is 9.15 Å². The molecule has 2 rings (SSSR count). The Kier molecular flexibility index (Phi) is 3.63. The van der Waals surface area contributed by atoms with Crippen LogP contribution in [0.4, 0.5) is 0 Å². The van der Waals surface area contributed by atoms with Crippen molar-refractivity contribution in [1.29, 1.82) is 0 Å². The first-order valence-electron chi connectivity index (χ1n) is 5.78. The van der Waals surface area contributed by atoms with Crippen LogP contribution in [0, 0.1) is 12.3 Å². The molecule has 0 saturated carbocycles. The molecule has 4 nitrogen and oxygen atoms in total. The van der Waals surface area contributed by atoms with E-state index in [2.05, 4.69) is 5.32 Å². The van der Waals surface area contributed by atoms with E-state index in [1.54, 1.807) is 0 Å². The van der Waals surface area contributed by atoms with Gasteiger partial charge in [0, 0.05) is 31.5 Å². The number of hydrogen-bond acceptors (Lipinski definition) is 4. The molecule has 0 atom stereocenters. The second-order valence-corrected chi connectivity index (χ2v) is 4.64. The average molecular weight is 224 g/mol. The van der Waals surface area contributed by atoms with Crippen LogP contribution in [0.1, 0.15) is 11.5 Å². The summed E-state index contributed by atoms with van der Waals surface area (Å²) >= 11 is 0. The number of hydrogen-bond donors (Lipinski definition) is 2. The van der Waals surface area contributed by atoms with Crippen molar-refractivity contribution in [3.05, 3.63) is 23.7 Å². The average Bonchev–Trinajstić information content (AvgIpc) is 2.62. The summed E-state index contributed by atoms with van der Waals surface area (Å²) in [6, 6.07) is 4.03. The number of aryl methyl sites for hydroxylation is 1. The fourth-order valence-electron chi connectivity index (χ4n) is 1.87. The normalized spacial score (nSPS) is 18.4. The van der Waals surface area contributed by atoms with E-state index < -0.39 is 0 Å². The van der Waals surface area contributed by atoms with Gasteiger partial charge in [-0.15, -0.1) is 0 Å². The molecule has 1 saturated heterocycles. The van der Waals surface area contributed by atoms with Gasteiger partial charge in [0.15, 0.2) is 0 Å². The van der Waals surface area contributed by atoms with E-state index in [0.717, 1.165) is 44.2 Å². The summed E-state index contributed by atoms with van der Waals surface area (Å²) in [5.74, 6) is 2.01. The summed E-state index contributed by atoms with van der Waals surface area (Å²) in [5, 5.41) is 3.42. The van der Waals surface area contributed by atoms with Crippen molar-refractivity contribution in [2.75, 3.05) is 32.8 Å². The molecule has 0 unspecified atom stereocenters. The van der Waals surface area contributed by atoms with Gasteiger partial charge in [0.2, 0.25) is 0 Å². The zero-order valence-corrected chi connectivity index (χ0v) is 9.79. The van der Waals surface area contributed by atoms with E-state index in [0.29, 0.717) is 6.54 Å². The highest BCUT2D eigenvalue weighted by Gasteiger charge is 2.36. The van der Waals surface area contributed by atoms with Gasteiger partial charge in [-0.3, -0.25) is 0 Å². The molecule has 1 aromatic heterocycles. The Labute approximate surface area is 96.1 Å². The highest BCUT2D eigenvalue weighted by Crippen LogP contribution is 2.24. The summed E-state index contributed by atoms with van der Waals surface area (Å²) in [6.07, 6.45) is 0.926. The minimum atomic E-state index is 0.180. The Morgan fingerprint density at radius 1 is 1.44 bits per heavy atom. The van der Waals surface area contributed by atoms with Gasteiger partial charge in [-0.25, -0.2) is 0 Å². The lowest BCUT2D eigenvalue weighted by atomic mass is 9.86. The maximum atomic E-state index is 5.73. The minimum absolute atomic E-state index is 0.180. The van der Waals surface area contributed by atoms with E-state index >= 15 is 0 Å². The van der Waals surface area contributed by atoms with Gasteiger partial charge in [-0.2, -0.15) is 0 Å². The lowest BCUT2D eigenvalue weighted by Crippen LogP contribution is -2.54. The summed E-state index contributed by atoms with van der Waals surface area (Å²) in [6.45, 7) is 6.09. The highest BCUT2D eigenvalue weighted by atomic mass is 16.5. The van der Waals surface area contributed by atoms with Crippen LogP contribution in [0.3, 0.4) is 0 Å². The van der Waals surface area contributed by atoms with Crippen LogP contribution in [-0.2, 0) is 11.2 Å². The van der Waals surface area contributed by atoms with Crippen molar-refractivity contribution in [1.82, 2.24) is 5.32 Å². The van der Waals surface area contributed by atoms with Crippen LogP contribution in [0.2, 0.25) is 0 Å². The third kappa shape index (κ3) is 2.64. The Bertz CT molecular complexity index is 326. The molecule has 1 aliphatic heterocycles. The van der Waals surface area contributed by atoms with E-state index in [1.165, 1.54) is 0 Å². The molecule has 1 aromatic rings. The molecule has 0 amide bonds. The molecule has 1 fully saturated rings. The fraction of sp³-hybridized carbons (Fsp3) is 0.667. The Morgan fingerprint density at radius 3 is 2.75 bits per heavy atom. The fourth-order valence-corrected chi connectivity index (χ4v) is 1.87.